The molecule has 2 rings (SSSR count). The van der Waals surface area contributed by atoms with Crippen LogP contribution in [-0.2, 0) is 13.6 Å². The maximum absolute atomic E-state index is 13.2. The van der Waals surface area contributed by atoms with Crippen LogP contribution in [0.2, 0.25) is 0 Å². The maximum Gasteiger partial charge on any atom is 0.151 e. The number of nitrogens with zero attached hydrogens (tertiary/aromatic N) is 3. The number of nitrogens with one attached hydrogen (secondary N) is 1. The van der Waals surface area contributed by atoms with Gasteiger partial charge in [0, 0.05) is 13.1 Å². The predicted molar refractivity (Wildman–Crippen MR) is 54.7 cm³/mol. The lowest BCUT2D eigenvalue weighted by Gasteiger charge is -2.06. The van der Waals surface area contributed by atoms with Crippen LogP contribution in [-0.4, -0.2) is 14.8 Å². The Kier molecular flexibility index (Phi) is 2.80. The van der Waals surface area contributed by atoms with E-state index in [1.807, 2.05) is 0 Å². The second kappa shape index (κ2) is 4.26. The number of halogens is 2. The molecular formula is C10H10F2N4. The first-order chi connectivity index (χ1) is 7.66. The Balaban J connectivity index is 2.08. The van der Waals surface area contributed by atoms with Crippen LogP contribution in [0.3, 0.4) is 0 Å². The molecule has 0 saturated heterocycles. The van der Waals surface area contributed by atoms with E-state index in [-0.39, 0.29) is 5.69 Å². The van der Waals surface area contributed by atoms with Gasteiger partial charge in [-0.25, -0.2) is 8.78 Å². The first-order valence-corrected chi connectivity index (χ1v) is 4.68. The molecule has 0 aliphatic heterocycles. The number of hydrogen-bond donors (Lipinski definition) is 1. The van der Waals surface area contributed by atoms with Gasteiger partial charge in [-0.15, -0.1) is 10.2 Å². The molecule has 1 heterocycles. The number of aromatic nitrogens is 3. The Morgan fingerprint density at radius 2 is 2.19 bits per heavy atom. The fourth-order valence-corrected chi connectivity index (χ4v) is 1.27. The van der Waals surface area contributed by atoms with Gasteiger partial charge in [0.25, 0.3) is 0 Å². The molecular weight excluding hydrogens is 214 g/mol. The highest BCUT2D eigenvalue weighted by Gasteiger charge is 2.05. The highest BCUT2D eigenvalue weighted by Crippen LogP contribution is 2.15. The van der Waals surface area contributed by atoms with Crippen molar-refractivity contribution in [3.05, 3.63) is 42.0 Å². The second-order valence-electron chi connectivity index (χ2n) is 3.34. The van der Waals surface area contributed by atoms with Crippen LogP contribution in [0.1, 0.15) is 5.82 Å². The smallest absolute Gasteiger partial charge is 0.151 e. The quantitative estimate of drug-likeness (QED) is 0.863. The molecule has 1 aromatic carbocycles. The standard InChI is InChI=1S/C10H10F2N4/c1-16-6-14-15-10(16)5-13-9-3-2-7(11)4-8(9)12/h2-4,6,13H,5H2,1H3. The number of aryl methyl sites for hydroxylation is 1. The molecule has 1 aromatic heterocycles. The van der Waals surface area contributed by atoms with E-state index in [0.29, 0.717) is 12.4 Å². The number of rotatable bonds is 3. The van der Waals surface area contributed by atoms with Gasteiger partial charge >= 0.3 is 0 Å². The molecule has 4 nitrogen and oxygen atoms in total. The second-order valence-corrected chi connectivity index (χ2v) is 3.34. The molecule has 6 heteroatoms. The van der Waals surface area contributed by atoms with E-state index in [2.05, 4.69) is 15.5 Å². The van der Waals surface area contributed by atoms with Crippen molar-refractivity contribution in [3.8, 4) is 0 Å². The summed E-state index contributed by atoms with van der Waals surface area (Å²) in [5.41, 5.74) is 0.240. The van der Waals surface area contributed by atoms with E-state index in [1.54, 1.807) is 17.9 Å². The summed E-state index contributed by atoms with van der Waals surface area (Å²) in [5.74, 6) is -0.549. The number of hydrogen-bond acceptors (Lipinski definition) is 3. The Bertz CT molecular complexity index is 495. The highest BCUT2D eigenvalue weighted by molar-refractivity contribution is 5.44. The molecule has 0 atom stereocenters. The van der Waals surface area contributed by atoms with Crippen LogP contribution < -0.4 is 5.32 Å². The lowest BCUT2D eigenvalue weighted by atomic mass is 10.3. The topological polar surface area (TPSA) is 42.7 Å². The summed E-state index contributed by atoms with van der Waals surface area (Å²) in [7, 11) is 1.79. The molecule has 84 valence electrons. The molecule has 0 radical (unpaired) electrons. The van der Waals surface area contributed by atoms with Crippen molar-refractivity contribution in [2.45, 2.75) is 6.54 Å². The minimum absolute atomic E-state index is 0.240. The molecule has 0 spiro atoms. The van der Waals surface area contributed by atoms with Gasteiger partial charge in [-0.1, -0.05) is 0 Å². The van der Waals surface area contributed by atoms with E-state index < -0.39 is 11.6 Å². The van der Waals surface area contributed by atoms with E-state index in [1.165, 1.54) is 12.1 Å². The fourth-order valence-electron chi connectivity index (χ4n) is 1.27. The zero-order valence-electron chi connectivity index (χ0n) is 8.61. The number of anilines is 1. The molecule has 1 N–H and O–H groups in total. The van der Waals surface area contributed by atoms with Crippen molar-refractivity contribution in [1.82, 2.24) is 14.8 Å². The zero-order valence-corrected chi connectivity index (χ0v) is 8.61. The van der Waals surface area contributed by atoms with Gasteiger partial charge in [0.1, 0.15) is 18.0 Å². The third-order valence-corrected chi connectivity index (χ3v) is 2.17. The average molecular weight is 224 g/mol. The van der Waals surface area contributed by atoms with Crippen molar-refractivity contribution in [2.75, 3.05) is 5.32 Å². The van der Waals surface area contributed by atoms with Crippen LogP contribution in [0.4, 0.5) is 14.5 Å². The maximum atomic E-state index is 13.2. The first-order valence-electron chi connectivity index (χ1n) is 4.68. The summed E-state index contributed by atoms with van der Waals surface area (Å²) < 4.78 is 27.6. The predicted octanol–water partition coefficient (Wildman–Crippen LogP) is 1.71. The summed E-state index contributed by atoms with van der Waals surface area (Å²) >= 11 is 0. The van der Waals surface area contributed by atoms with E-state index in [9.17, 15) is 8.78 Å². The van der Waals surface area contributed by atoms with Crippen molar-refractivity contribution < 1.29 is 8.78 Å². The van der Waals surface area contributed by atoms with Crippen LogP contribution >= 0.6 is 0 Å². The van der Waals surface area contributed by atoms with Crippen molar-refractivity contribution in [2.24, 2.45) is 7.05 Å². The van der Waals surface area contributed by atoms with Crippen molar-refractivity contribution in [1.29, 1.82) is 0 Å². The molecule has 0 saturated carbocycles. The monoisotopic (exact) mass is 224 g/mol. The van der Waals surface area contributed by atoms with Crippen LogP contribution in [0.5, 0.6) is 0 Å². The Hall–Kier alpha value is -1.98. The van der Waals surface area contributed by atoms with Crippen molar-refractivity contribution >= 4 is 5.69 Å². The van der Waals surface area contributed by atoms with Crippen LogP contribution in [0.15, 0.2) is 24.5 Å². The zero-order chi connectivity index (χ0) is 11.5. The SMILES string of the molecule is Cn1cnnc1CNc1ccc(F)cc1F. The molecule has 0 unspecified atom stereocenters. The van der Waals surface area contributed by atoms with Gasteiger partial charge in [0.05, 0.1) is 12.2 Å². The summed E-state index contributed by atoms with van der Waals surface area (Å²) in [4.78, 5) is 0. The summed E-state index contributed by atoms with van der Waals surface area (Å²) in [6.07, 6.45) is 1.55. The summed E-state index contributed by atoms with van der Waals surface area (Å²) in [6.45, 7) is 0.332. The Morgan fingerprint density at radius 3 is 2.81 bits per heavy atom. The average Bonchev–Trinajstić information content (AvgIpc) is 2.63. The minimum Gasteiger partial charge on any atom is -0.375 e. The molecule has 0 amide bonds. The normalized spacial score (nSPS) is 10.4. The first kappa shape index (κ1) is 10.5. The van der Waals surface area contributed by atoms with Crippen LogP contribution in [0, 0.1) is 11.6 Å². The van der Waals surface area contributed by atoms with Crippen LogP contribution in [0.25, 0.3) is 0 Å². The molecule has 16 heavy (non-hydrogen) atoms. The molecule has 0 aliphatic rings. The van der Waals surface area contributed by atoms with Crippen molar-refractivity contribution in [3.63, 3.8) is 0 Å². The van der Waals surface area contributed by atoms with E-state index >= 15 is 0 Å². The van der Waals surface area contributed by atoms with Gasteiger partial charge in [0.2, 0.25) is 0 Å². The van der Waals surface area contributed by atoms with E-state index in [0.717, 1.165) is 6.07 Å². The van der Waals surface area contributed by atoms with Gasteiger partial charge in [0.15, 0.2) is 5.82 Å². The van der Waals surface area contributed by atoms with Gasteiger partial charge < -0.3 is 9.88 Å². The largest absolute Gasteiger partial charge is 0.375 e. The third-order valence-electron chi connectivity index (χ3n) is 2.17. The molecule has 2 aromatic rings. The summed E-state index contributed by atoms with van der Waals surface area (Å²) in [6, 6.07) is 3.38. The van der Waals surface area contributed by atoms with Gasteiger partial charge in [-0.2, -0.15) is 0 Å². The Labute approximate surface area is 90.9 Å². The summed E-state index contributed by atoms with van der Waals surface area (Å²) in [5, 5.41) is 10.3. The van der Waals surface area contributed by atoms with Gasteiger partial charge in [-0.3, -0.25) is 0 Å². The lowest BCUT2D eigenvalue weighted by Crippen LogP contribution is -2.06. The molecule has 0 bridgehead atoms. The third kappa shape index (κ3) is 2.16. The Morgan fingerprint density at radius 1 is 1.38 bits per heavy atom. The molecule has 0 aliphatic carbocycles. The molecule has 0 fully saturated rings. The minimum atomic E-state index is -0.623. The fraction of sp³-hybridized carbons (Fsp3) is 0.200. The highest BCUT2D eigenvalue weighted by atomic mass is 19.1. The van der Waals surface area contributed by atoms with Gasteiger partial charge in [-0.05, 0) is 12.1 Å². The number of benzene rings is 1. The lowest BCUT2D eigenvalue weighted by molar-refractivity contribution is 0.584. The van der Waals surface area contributed by atoms with E-state index in [4.69, 9.17) is 0 Å².